The molecule has 0 N–H and O–H groups in total. The molecule has 64 valence electrons. The smallest absolute Gasteiger partial charge is 0.00726 e. The van der Waals surface area contributed by atoms with Gasteiger partial charge in [0.15, 0.2) is 0 Å². The van der Waals surface area contributed by atoms with Crippen molar-refractivity contribution in [3.05, 3.63) is 47.5 Å². The molecular weight excluding hydrogens is 144 g/mol. The highest BCUT2D eigenvalue weighted by Crippen LogP contribution is 2.08. The first-order valence-electron chi connectivity index (χ1n) is 4.44. The fourth-order valence-corrected chi connectivity index (χ4v) is 1.24. The molecule has 0 nitrogen and oxygen atoms in total. The number of allylic oxidation sites excluding steroid dienone is 1. The lowest BCUT2D eigenvalue weighted by molar-refractivity contribution is 1.11. The van der Waals surface area contributed by atoms with Gasteiger partial charge in [-0.05, 0) is 30.9 Å². The molecule has 0 fully saturated rings. The van der Waals surface area contributed by atoms with E-state index in [1.807, 2.05) is 0 Å². The molecule has 0 aliphatic heterocycles. The zero-order valence-corrected chi connectivity index (χ0v) is 7.93. The molecular formula is C12H16. The maximum atomic E-state index is 3.89. The Morgan fingerprint density at radius 3 is 2.08 bits per heavy atom. The van der Waals surface area contributed by atoms with Gasteiger partial charge >= 0.3 is 0 Å². The van der Waals surface area contributed by atoms with Gasteiger partial charge in [0.1, 0.15) is 0 Å². The molecule has 12 heavy (non-hydrogen) atoms. The van der Waals surface area contributed by atoms with Crippen molar-refractivity contribution in [3.8, 4) is 0 Å². The Kier molecular flexibility index (Phi) is 3.09. The van der Waals surface area contributed by atoms with Crippen LogP contribution in [0, 0.1) is 0 Å². The second-order valence-electron chi connectivity index (χ2n) is 3.30. The minimum Gasteiger partial charge on any atom is -0.0998 e. The van der Waals surface area contributed by atoms with Gasteiger partial charge in [0.25, 0.3) is 0 Å². The minimum atomic E-state index is 1.00. The number of aryl methyl sites for hydroxylation is 1. The first-order valence-corrected chi connectivity index (χ1v) is 4.44. The van der Waals surface area contributed by atoms with Crippen molar-refractivity contribution in [3.63, 3.8) is 0 Å². The minimum absolute atomic E-state index is 1.00. The maximum absolute atomic E-state index is 3.89. The van der Waals surface area contributed by atoms with Gasteiger partial charge in [-0.1, -0.05) is 43.3 Å². The van der Waals surface area contributed by atoms with Crippen LogP contribution in [0.4, 0.5) is 0 Å². The first kappa shape index (κ1) is 9.05. The summed E-state index contributed by atoms with van der Waals surface area (Å²) in [4.78, 5) is 0. The highest BCUT2D eigenvalue weighted by atomic mass is 14.0. The van der Waals surface area contributed by atoms with Gasteiger partial charge in [0.2, 0.25) is 0 Å². The third-order valence-corrected chi connectivity index (χ3v) is 1.94. The molecule has 0 saturated carbocycles. The van der Waals surface area contributed by atoms with E-state index in [1.54, 1.807) is 0 Å². The van der Waals surface area contributed by atoms with Gasteiger partial charge in [0.05, 0.1) is 0 Å². The van der Waals surface area contributed by atoms with Gasteiger partial charge in [-0.2, -0.15) is 0 Å². The molecule has 0 bridgehead atoms. The lowest BCUT2D eigenvalue weighted by atomic mass is 10.0. The molecule has 0 heterocycles. The van der Waals surface area contributed by atoms with Crippen LogP contribution in [-0.2, 0) is 12.8 Å². The highest BCUT2D eigenvalue weighted by molar-refractivity contribution is 5.25. The highest BCUT2D eigenvalue weighted by Gasteiger charge is 1.92. The topological polar surface area (TPSA) is 0 Å². The quantitative estimate of drug-likeness (QED) is 0.595. The van der Waals surface area contributed by atoms with E-state index in [9.17, 15) is 0 Å². The summed E-state index contributed by atoms with van der Waals surface area (Å²) in [5.74, 6) is 0. The summed E-state index contributed by atoms with van der Waals surface area (Å²) in [7, 11) is 0. The van der Waals surface area contributed by atoms with Crippen molar-refractivity contribution in [2.45, 2.75) is 26.7 Å². The van der Waals surface area contributed by atoms with Gasteiger partial charge in [-0.25, -0.2) is 0 Å². The zero-order valence-electron chi connectivity index (χ0n) is 7.93. The van der Waals surface area contributed by atoms with Crippen molar-refractivity contribution >= 4 is 0 Å². The van der Waals surface area contributed by atoms with E-state index in [4.69, 9.17) is 0 Å². The van der Waals surface area contributed by atoms with E-state index >= 15 is 0 Å². The molecule has 0 heteroatoms. The predicted molar refractivity (Wildman–Crippen MR) is 54.3 cm³/mol. The van der Waals surface area contributed by atoms with Crippen LogP contribution in [0.15, 0.2) is 36.4 Å². The second-order valence-corrected chi connectivity index (χ2v) is 3.30. The van der Waals surface area contributed by atoms with Crippen molar-refractivity contribution < 1.29 is 0 Å². The summed E-state index contributed by atoms with van der Waals surface area (Å²) in [5.41, 5.74) is 3.99. The summed E-state index contributed by atoms with van der Waals surface area (Å²) in [6, 6.07) is 8.76. The van der Waals surface area contributed by atoms with Gasteiger partial charge in [0, 0.05) is 0 Å². The molecule has 0 atom stereocenters. The summed E-state index contributed by atoms with van der Waals surface area (Å²) in [6.45, 7) is 8.13. The van der Waals surface area contributed by atoms with Gasteiger partial charge in [-0.15, -0.1) is 0 Å². The average Bonchev–Trinajstić information content (AvgIpc) is 2.05. The Hall–Kier alpha value is -1.04. The summed E-state index contributed by atoms with van der Waals surface area (Å²) in [6.07, 6.45) is 2.12. The predicted octanol–water partition coefficient (Wildman–Crippen LogP) is 3.37. The van der Waals surface area contributed by atoms with Gasteiger partial charge in [-0.3, -0.25) is 0 Å². The molecule has 0 aromatic heterocycles. The van der Waals surface area contributed by atoms with Crippen LogP contribution >= 0.6 is 0 Å². The molecule has 0 aliphatic rings. The lowest BCUT2D eigenvalue weighted by Crippen LogP contribution is -1.86. The normalized spacial score (nSPS) is 9.83. The molecule has 0 aliphatic carbocycles. The van der Waals surface area contributed by atoms with Crippen LogP contribution in [0.25, 0.3) is 0 Å². The molecule has 1 rings (SSSR count). The molecule has 0 spiro atoms. The van der Waals surface area contributed by atoms with Crippen LogP contribution in [0.2, 0.25) is 0 Å². The molecule has 0 amide bonds. The van der Waals surface area contributed by atoms with Crippen molar-refractivity contribution in [1.82, 2.24) is 0 Å². The van der Waals surface area contributed by atoms with E-state index in [0.29, 0.717) is 0 Å². The number of benzene rings is 1. The Bertz CT molecular complexity index is 254. The van der Waals surface area contributed by atoms with E-state index < -0.39 is 0 Å². The van der Waals surface area contributed by atoms with Crippen LogP contribution in [-0.4, -0.2) is 0 Å². The second kappa shape index (κ2) is 4.10. The standard InChI is InChI=1S/C12H16/c1-4-11-5-7-12(8-6-11)9-10(2)3/h5-8H,2,4,9H2,1,3H3. The Morgan fingerprint density at radius 1 is 1.17 bits per heavy atom. The number of hydrogen-bond acceptors (Lipinski definition) is 0. The van der Waals surface area contributed by atoms with Crippen LogP contribution in [0.5, 0.6) is 0 Å². The number of hydrogen-bond donors (Lipinski definition) is 0. The molecule has 1 aromatic rings. The van der Waals surface area contributed by atoms with Crippen LogP contribution in [0.3, 0.4) is 0 Å². The van der Waals surface area contributed by atoms with Crippen molar-refractivity contribution in [1.29, 1.82) is 0 Å². The zero-order chi connectivity index (χ0) is 8.97. The van der Waals surface area contributed by atoms with Crippen molar-refractivity contribution in [2.75, 3.05) is 0 Å². The SMILES string of the molecule is C=C(C)Cc1ccc(CC)cc1. The third kappa shape index (κ3) is 2.54. The monoisotopic (exact) mass is 160 g/mol. The van der Waals surface area contributed by atoms with Crippen molar-refractivity contribution in [2.24, 2.45) is 0 Å². The third-order valence-electron chi connectivity index (χ3n) is 1.94. The summed E-state index contributed by atoms with van der Waals surface area (Å²) < 4.78 is 0. The maximum Gasteiger partial charge on any atom is -0.00726 e. The lowest BCUT2D eigenvalue weighted by Gasteiger charge is -2.01. The summed E-state index contributed by atoms with van der Waals surface area (Å²) >= 11 is 0. The van der Waals surface area contributed by atoms with Crippen LogP contribution in [0.1, 0.15) is 25.0 Å². The average molecular weight is 160 g/mol. The van der Waals surface area contributed by atoms with E-state index in [0.717, 1.165) is 12.8 Å². The summed E-state index contributed by atoms with van der Waals surface area (Å²) in [5, 5.41) is 0. The van der Waals surface area contributed by atoms with E-state index in [1.165, 1.54) is 16.7 Å². The fourth-order valence-electron chi connectivity index (χ4n) is 1.24. The molecule has 0 radical (unpaired) electrons. The van der Waals surface area contributed by atoms with Crippen LogP contribution < -0.4 is 0 Å². The first-order chi connectivity index (χ1) is 5.72. The van der Waals surface area contributed by atoms with Gasteiger partial charge < -0.3 is 0 Å². The molecule has 0 saturated heterocycles. The van der Waals surface area contributed by atoms with E-state index in [2.05, 4.69) is 44.7 Å². The molecule has 1 aromatic carbocycles. The Balaban J connectivity index is 2.71. The largest absolute Gasteiger partial charge is 0.0998 e. The van der Waals surface area contributed by atoms with E-state index in [-0.39, 0.29) is 0 Å². The Labute approximate surface area is 74.9 Å². The Morgan fingerprint density at radius 2 is 1.67 bits per heavy atom. The number of rotatable bonds is 3. The molecule has 0 unspecified atom stereocenters. The fraction of sp³-hybridized carbons (Fsp3) is 0.333.